The molecule has 0 unspecified atom stereocenters. The highest BCUT2D eigenvalue weighted by molar-refractivity contribution is 6.18. The number of rotatable bonds is 3. The Morgan fingerprint density at radius 2 is 1.89 bits per heavy atom. The Labute approximate surface area is 158 Å². The van der Waals surface area contributed by atoms with Crippen LogP contribution >= 0.6 is 0 Å². The third-order valence-corrected chi connectivity index (χ3v) is 4.90. The molecule has 2 aliphatic heterocycles. The molecule has 5 heteroatoms. The number of nitrogens with zero attached hydrogens (tertiary/aromatic N) is 1. The van der Waals surface area contributed by atoms with Crippen molar-refractivity contribution in [2.45, 2.75) is 32.3 Å². The SMILES string of the molecule is CC(C)(O)c1ccc(NC(=O)C2=CCc3ccc4c(c3N=C2)OCC4)cc1. The molecule has 2 aromatic carbocycles. The van der Waals surface area contributed by atoms with Gasteiger partial charge in [-0.25, -0.2) is 0 Å². The van der Waals surface area contributed by atoms with Crippen molar-refractivity contribution in [1.82, 2.24) is 0 Å². The van der Waals surface area contributed by atoms with Crippen LogP contribution in [0.5, 0.6) is 5.75 Å². The Hall–Kier alpha value is -2.92. The summed E-state index contributed by atoms with van der Waals surface area (Å²) in [6.45, 7) is 4.14. The Balaban J connectivity index is 1.52. The molecule has 2 heterocycles. The van der Waals surface area contributed by atoms with E-state index in [-0.39, 0.29) is 5.91 Å². The van der Waals surface area contributed by atoms with Crippen molar-refractivity contribution in [2.24, 2.45) is 4.99 Å². The number of aliphatic hydroxyl groups is 1. The number of ether oxygens (including phenoxy) is 1. The highest BCUT2D eigenvalue weighted by Crippen LogP contribution is 2.40. The summed E-state index contributed by atoms with van der Waals surface area (Å²) in [5, 5.41) is 12.9. The minimum absolute atomic E-state index is 0.208. The Bertz CT molecular complexity index is 951. The number of fused-ring (bicyclic) bond motifs is 3. The van der Waals surface area contributed by atoms with E-state index in [0.717, 1.165) is 29.0 Å². The first-order chi connectivity index (χ1) is 12.9. The maximum atomic E-state index is 12.6. The van der Waals surface area contributed by atoms with Gasteiger partial charge in [0.2, 0.25) is 0 Å². The highest BCUT2D eigenvalue weighted by Gasteiger charge is 2.21. The molecular formula is C22H22N2O3. The number of nitrogens with one attached hydrogen (secondary N) is 1. The molecule has 4 rings (SSSR count). The third kappa shape index (κ3) is 3.51. The topological polar surface area (TPSA) is 70.9 Å². The summed E-state index contributed by atoms with van der Waals surface area (Å²) in [5.41, 5.74) is 4.14. The summed E-state index contributed by atoms with van der Waals surface area (Å²) in [4.78, 5) is 17.2. The van der Waals surface area contributed by atoms with Crippen LogP contribution in [0.2, 0.25) is 0 Å². The Kier molecular flexibility index (Phi) is 4.32. The van der Waals surface area contributed by atoms with Crippen molar-refractivity contribution in [3.8, 4) is 5.75 Å². The molecule has 0 bridgehead atoms. The minimum Gasteiger partial charge on any atom is -0.491 e. The largest absolute Gasteiger partial charge is 0.491 e. The number of anilines is 1. The highest BCUT2D eigenvalue weighted by atomic mass is 16.5. The fourth-order valence-electron chi connectivity index (χ4n) is 3.30. The molecule has 0 aromatic heterocycles. The molecule has 2 aliphatic rings. The predicted molar refractivity (Wildman–Crippen MR) is 106 cm³/mol. The number of carbonyl (C=O) groups excluding carboxylic acids is 1. The maximum Gasteiger partial charge on any atom is 0.256 e. The molecule has 0 fully saturated rings. The van der Waals surface area contributed by atoms with E-state index >= 15 is 0 Å². The van der Waals surface area contributed by atoms with Crippen molar-refractivity contribution in [2.75, 3.05) is 11.9 Å². The second-order valence-electron chi connectivity index (χ2n) is 7.37. The van der Waals surface area contributed by atoms with E-state index in [0.29, 0.717) is 24.3 Å². The maximum absolute atomic E-state index is 12.6. The normalized spacial score (nSPS) is 15.3. The first-order valence-electron chi connectivity index (χ1n) is 9.08. The van der Waals surface area contributed by atoms with Crippen molar-refractivity contribution in [1.29, 1.82) is 0 Å². The molecule has 2 N–H and O–H groups in total. The lowest BCUT2D eigenvalue weighted by molar-refractivity contribution is -0.112. The molecule has 1 amide bonds. The van der Waals surface area contributed by atoms with E-state index in [4.69, 9.17) is 4.74 Å². The summed E-state index contributed by atoms with van der Waals surface area (Å²) >= 11 is 0. The van der Waals surface area contributed by atoms with Crippen LogP contribution in [0.25, 0.3) is 0 Å². The van der Waals surface area contributed by atoms with Crippen LogP contribution in [-0.2, 0) is 23.2 Å². The number of benzene rings is 2. The first kappa shape index (κ1) is 17.5. The van der Waals surface area contributed by atoms with Crippen molar-refractivity contribution in [3.05, 3.63) is 64.7 Å². The molecule has 0 saturated carbocycles. The van der Waals surface area contributed by atoms with Gasteiger partial charge in [0, 0.05) is 18.3 Å². The summed E-state index contributed by atoms with van der Waals surface area (Å²) in [6.07, 6.45) is 5.03. The zero-order valence-electron chi connectivity index (χ0n) is 15.5. The smallest absolute Gasteiger partial charge is 0.256 e. The van der Waals surface area contributed by atoms with Gasteiger partial charge in [0.25, 0.3) is 5.91 Å². The summed E-state index contributed by atoms with van der Waals surface area (Å²) in [6, 6.07) is 11.3. The third-order valence-electron chi connectivity index (χ3n) is 4.90. The summed E-state index contributed by atoms with van der Waals surface area (Å²) in [7, 11) is 0. The van der Waals surface area contributed by atoms with Gasteiger partial charge < -0.3 is 15.2 Å². The molecular weight excluding hydrogens is 340 g/mol. The van der Waals surface area contributed by atoms with E-state index in [1.807, 2.05) is 18.2 Å². The van der Waals surface area contributed by atoms with E-state index in [1.165, 1.54) is 5.56 Å². The molecule has 0 aliphatic carbocycles. The van der Waals surface area contributed by atoms with Gasteiger partial charge in [-0.2, -0.15) is 0 Å². The summed E-state index contributed by atoms with van der Waals surface area (Å²) in [5.74, 6) is 0.640. The quantitative estimate of drug-likeness (QED) is 0.875. The fraction of sp³-hybridized carbons (Fsp3) is 0.273. The Morgan fingerprint density at radius 3 is 2.63 bits per heavy atom. The number of carbonyl (C=O) groups is 1. The van der Waals surface area contributed by atoms with Crippen LogP contribution < -0.4 is 10.1 Å². The van der Waals surface area contributed by atoms with Crippen LogP contribution in [0, 0.1) is 0 Å². The van der Waals surface area contributed by atoms with Gasteiger partial charge in [0.1, 0.15) is 11.4 Å². The molecule has 0 radical (unpaired) electrons. The Morgan fingerprint density at radius 1 is 1.15 bits per heavy atom. The second kappa shape index (κ2) is 6.67. The van der Waals surface area contributed by atoms with Crippen LogP contribution in [0.15, 0.2) is 53.0 Å². The predicted octanol–water partition coefficient (Wildman–Crippen LogP) is 3.67. The van der Waals surface area contributed by atoms with Crippen molar-refractivity contribution < 1.29 is 14.6 Å². The number of amides is 1. The van der Waals surface area contributed by atoms with Crippen LogP contribution in [0.1, 0.15) is 30.5 Å². The lowest BCUT2D eigenvalue weighted by Gasteiger charge is -2.18. The molecule has 138 valence electrons. The van der Waals surface area contributed by atoms with Gasteiger partial charge in [0.05, 0.1) is 17.8 Å². The number of hydrogen-bond acceptors (Lipinski definition) is 4. The molecule has 0 atom stereocenters. The lowest BCUT2D eigenvalue weighted by Crippen LogP contribution is -2.17. The van der Waals surface area contributed by atoms with Gasteiger partial charge >= 0.3 is 0 Å². The number of aliphatic imine (C=N–C) groups is 1. The minimum atomic E-state index is -0.910. The van der Waals surface area contributed by atoms with E-state index in [9.17, 15) is 9.90 Å². The monoisotopic (exact) mass is 362 g/mol. The van der Waals surface area contributed by atoms with E-state index < -0.39 is 5.60 Å². The van der Waals surface area contributed by atoms with E-state index in [2.05, 4.69) is 22.4 Å². The molecule has 27 heavy (non-hydrogen) atoms. The summed E-state index contributed by atoms with van der Waals surface area (Å²) < 4.78 is 5.72. The van der Waals surface area contributed by atoms with Gasteiger partial charge in [-0.15, -0.1) is 0 Å². The average molecular weight is 362 g/mol. The van der Waals surface area contributed by atoms with Gasteiger partial charge in [-0.3, -0.25) is 9.79 Å². The first-order valence-corrected chi connectivity index (χ1v) is 9.08. The molecule has 2 aromatic rings. The van der Waals surface area contributed by atoms with E-state index in [1.54, 1.807) is 32.2 Å². The average Bonchev–Trinajstić information content (AvgIpc) is 3.00. The number of hydrogen-bond donors (Lipinski definition) is 2. The van der Waals surface area contributed by atoms with Crippen LogP contribution in [0.4, 0.5) is 11.4 Å². The molecule has 0 spiro atoms. The molecule has 0 saturated heterocycles. The standard InChI is InChI=1S/C22H22N2O3/c1-22(2,26)17-7-9-18(10-8-17)24-21(25)16-6-4-14-3-5-15-11-12-27-20(15)19(14)23-13-16/h3,5-10,13,26H,4,11-12H2,1-2H3,(H,24,25). The number of allylic oxidation sites excluding steroid dienone is 1. The van der Waals surface area contributed by atoms with Crippen molar-refractivity contribution >= 4 is 23.5 Å². The zero-order chi connectivity index (χ0) is 19.0. The van der Waals surface area contributed by atoms with Gasteiger partial charge in [0.15, 0.2) is 0 Å². The molecule has 5 nitrogen and oxygen atoms in total. The fourth-order valence-corrected chi connectivity index (χ4v) is 3.30. The van der Waals surface area contributed by atoms with Crippen molar-refractivity contribution in [3.63, 3.8) is 0 Å². The zero-order valence-corrected chi connectivity index (χ0v) is 15.5. The lowest BCUT2D eigenvalue weighted by atomic mass is 9.98. The van der Waals surface area contributed by atoms with Gasteiger partial charge in [-0.1, -0.05) is 30.3 Å². The second-order valence-corrected chi connectivity index (χ2v) is 7.37. The van der Waals surface area contributed by atoms with Crippen LogP contribution in [-0.4, -0.2) is 23.8 Å². The van der Waals surface area contributed by atoms with Crippen LogP contribution in [0.3, 0.4) is 0 Å². The van der Waals surface area contributed by atoms with Gasteiger partial charge in [-0.05, 0) is 49.1 Å².